The van der Waals surface area contributed by atoms with Crippen LogP contribution >= 0.6 is 0 Å². The van der Waals surface area contributed by atoms with Crippen molar-refractivity contribution >= 4 is 17.3 Å². The molecule has 0 saturated carbocycles. The quantitative estimate of drug-likeness (QED) is 0.776. The minimum atomic E-state index is -0.477. The lowest BCUT2D eigenvalue weighted by Crippen LogP contribution is -2.55. The molecule has 5 heteroatoms. The molecular formula is C14H22N4O. The highest BCUT2D eigenvalue weighted by atomic mass is 16.1. The average molecular weight is 262 g/mol. The maximum atomic E-state index is 11.4. The summed E-state index contributed by atoms with van der Waals surface area (Å²) in [5, 5.41) is 0. The maximum Gasteiger partial charge on any atom is 0.250 e. The van der Waals surface area contributed by atoms with E-state index in [1.165, 1.54) is 0 Å². The maximum absolute atomic E-state index is 11.4. The summed E-state index contributed by atoms with van der Waals surface area (Å²) < 4.78 is 0. The number of nitrogens with zero attached hydrogens (tertiary/aromatic N) is 2. The topological polar surface area (TPSA) is 75.6 Å². The summed E-state index contributed by atoms with van der Waals surface area (Å²) >= 11 is 0. The van der Waals surface area contributed by atoms with Gasteiger partial charge in [0.05, 0.1) is 5.56 Å². The molecular weight excluding hydrogens is 240 g/mol. The Bertz CT molecular complexity index is 476. The molecule has 0 bridgehead atoms. The second-order valence-electron chi connectivity index (χ2n) is 5.40. The lowest BCUT2D eigenvalue weighted by atomic mass is 10.1. The number of benzene rings is 1. The first-order chi connectivity index (χ1) is 8.90. The molecule has 104 valence electrons. The summed E-state index contributed by atoms with van der Waals surface area (Å²) in [5.41, 5.74) is 13.0. The molecule has 1 aliphatic rings. The third-order valence-corrected chi connectivity index (χ3v) is 4.03. The molecule has 1 saturated heterocycles. The normalized spacial score (nSPS) is 24.5. The van der Waals surface area contributed by atoms with Gasteiger partial charge in [-0.25, -0.2) is 0 Å². The van der Waals surface area contributed by atoms with E-state index in [-0.39, 0.29) is 0 Å². The van der Waals surface area contributed by atoms with E-state index in [1.807, 2.05) is 6.07 Å². The minimum Gasteiger partial charge on any atom is -0.398 e. The molecule has 1 aromatic carbocycles. The standard InChI is InChI=1S/C14H22N4O/c1-9-7-18(8-10(2)17(9)3)11-4-5-13(15)12(6-11)14(16)19/h4-6,9-10H,7-8,15H2,1-3H3,(H2,16,19). The van der Waals surface area contributed by atoms with Crippen LogP contribution in [0.3, 0.4) is 0 Å². The molecule has 19 heavy (non-hydrogen) atoms. The lowest BCUT2D eigenvalue weighted by Gasteiger charge is -2.43. The number of primary amides is 1. The van der Waals surface area contributed by atoms with Crippen molar-refractivity contribution < 1.29 is 4.79 Å². The first-order valence-corrected chi connectivity index (χ1v) is 6.56. The molecule has 2 atom stereocenters. The Hall–Kier alpha value is -1.75. The Morgan fingerprint density at radius 1 is 1.26 bits per heavy atom. The molecule has 1 amide bonds. The fourth-order valence-electron chi connectivity index (χ4n) is 2.57. The molecule has 1 aromatic rings. The van der Waals surface area contributed by atoms with Crippen LogP contribution in [-0.2, 0) is 0 Å². The van der Waals surface area contributed by atoms with Gasteiger partial charge in [0.1, 0.15) is 0 Å². The van der Waals surface area contributed by atoms with Gasteiger partial charge in [-0.1, -0.05) is 0 Å². The van der Waals surface area contributed by atoms with Crippen molar-refractivity contribution in [1.82, 2.24) is 4.90 Å². The molecule has 2 unspecified atom stereocenters. The highest BCUT2D eigenvalue weighted by Crippen LogP contribution is 2.25. The van der Waals surface area contributed by atoms with Gasteiger partial charge in [0, 0.05) is 36.5 Å². The van der Waals surface area contributed by atoms with Gasteiger partial charge in [-0.05, 0) is 39.1 Å². The van der Waals surface area contributed by atoms with E-state index in [1.54, 1.807) is 12.1 Å². The van der Waals surface area contributed by atoms with Gasteiger partial charge >= 0.3 is 0 Å². The molecule has 2 rings (SSSR count). The Kier molecular flexibility index (Phi) is 3.66. The third-order valence-electron chi connectivity index (χ3n) is 4.03. The van der Waals surface area contributed by atoms with Gasteiger partial charge in [0.15, 0.2) is 0 Å². The predicted molar refractivity (Wildman–Crippen MR) is 78.3 cm³/mol. The zero-order valence-corrected chi connectivity index (χ0v) is 11.8. The summed E-state index contributed by atoms with van der Waals surface area (Å²) in [7, 11) is 2.14. The fourth-order valence-corrected chi connectivity index (χ4v) is 2.57. The highest BCUT2D eigenvalue weighted by molar-refractivity contribution is 5.99. The number of amides is 1. The lowest BCUT2D eigenvalue weighted by molar-refractivity contribution is 0.100. The van der Waals surface area contributed by atoms with Gasteiger partial charge < -0.3 is 16.4 Å². The smallest absolute Gasteiger partial charge is 0.250 e. The van der Waals surface area contributed by atoms with Crippen LogP contribution in [0.25, 0.3) is 0 Å². The second kappa shape index (κ2) is 5.09. The first-order valence-electron chi connectivity index (χ1n) is 6.56. The van der Waals surface area contributed by atoms with E-state index in [9.17, 15) is 4.79 Å². The monoisotopic (exact) mass is 262 g/mol. The van der Waals surface area contributed by atoms with Crippen molar-refractivity contribution in [2.45, 2.75) is 25.9 Å². The van der Waals surface area contributed by atoms with Crippen LogP contribution < -0.4 is 16.4 Å². The Labute approximate surface area is 114 Å². The van der Waals surface area contributed by atoms with Crippen molar-refractivity contribution in [3.05, 3.63) is 23.8 Å². The van der Waals surface area contributed by atoms with E-state index in [0.717, 1.165) is 18.8 Å². The van der Waals surface area contributed by atoms with Crippen LogP contribution in [-0.4, -0.2) is 43.0 Å². The van der Waals surface area contributed by atoms with E-state index in [0.29, 0.717) is 23.3 Å². The summed E-state index contributed by atoms with van der Waals surface area (Å²) in [6.07, 6.45) is 0. The van der Waals surface area contributed by atoms with Gasteiger partial charge in [-0.3, -0.25) is 9.69 Å². The zero-order chi connectivity index (χ0) is 14.2. The third kappa shape index (κ3) is 2.66. The minimum absolute atomic E-state index is 0.400. The van der Waals surface area contributed by atoms with Crippen molar-refractivity contribution in [2.24, 2.45) is 5.73 Å². The van der Waals surface area contributed by atoms with E-state index >= 15 is 0 Å². The Morgan fingerprint density at radius 3 is 2.37 bits per heavy atom. The Balaban J connectivity index is 2.27. The number of rotatable bonds is 2. The van der Waals surface area contributed by atoms with Gasteiger partial charge in [0.2, 0.25) is 0 Å². The SMILES string of the molecule is CC1CN(c2ccc(N)c(C(N)=O)c2)CC(C)N1C. The molecule has 0 spiro atoms. The van der Waals surface area contributed by atoms with Crippen molar-refractivity contribution in [1.29, 1.82) is 0 Å². The average Bonchev–Trinajstić information content (AvgIpc) is 2.35. The number of nitrogens with two attached hydrogens (primary N) is 2. The van der Waals surface area contributed by atoms with Crippen LogP contribution in [0.2, 0.25) is 0 Å². The van der Waals surface area contributed by atoms with E-state index in [2.05, 4.69) is 30.7 Å². The largest absolute Gasteiger partial charge is 0.398 e. The predicted octanol–water partition coefficient (Wildman–Crippen LogP) is 0.897. The molecule has 5 nitrogen and oxygen atoms in total. The second-order valence-corrected chi connectivity index (χ2v) is 5.40. The van der Waals surface area contributed by atoms with E-state index < -0.39 is 5.91 Å². The molecule has 0 aliphatic carbocycles. The number of piperazine rings is 1. The zero-order valence-electron chi connectivity index (χ0n) is 11.8. The summed E-state index contributed by atoms with van der Waals surface area (Å²) in [6, 6.07) is 6.44. The van der Waals surface area contributed by atoms with Crippen LogP contribution in [0.1, 0.15) is 24.2 Å². The van der Waals surface area contributed by atoms with Crippen molar-refractivity contribution in [3.63, 3.8) is 0 Å². The van der Waals surface area contributed by atoms with Gasteiger partial charge in [-0.2, -0.15) is 0 Å². The van der Waals surface area contributed by atoms with Gasteiger partial charge in [-0.15, -0.1) is 0 Å². The number of nitrogen functional groups attached to an aromatic ring is 1. The summed E-state index contributed by atoms with van der Waals surface area (Å²) in [5.74, 6) is -0.477. The van der Waals surface area contributed by atoms with Crippen LogP contribution in [0.15, 0.2) is 18.2 Å². The van der Waals surface area contributed by atoms with Gasteiger partial charge in [0.25, 0.3) is 5.91 Å². The number of carbonyl (C=O) groups excluding carboxylic acids is 1. The summed E-state index contributed by atoms with van der Waals surface area (Å²) in [6.45, 7) is 6.27. The van der Waals surface area contributed by atoms with Crippen LogP contribution in [0, 0.1) is 0 Å². The van der Waals surface area contributed by atoms with E-state index in [4.69, 9.17) is 11.5 Å². The molecule has 4 N–H and O–H groups in total. The van der Waals surface area contributed by atoms with Crippen molar-refractivity contribution in [3.8, 4) is 0 Å². The molecule has 0 radical (unpaired) electrons. The molecule has 1 fully saturated rings. The fraction of sp³-hybridized carbons (Fsp3) is 0.500. The molecule has 1 heterocycles. The summed E-state index contributed by atoms with van der Waals surface area (Å²) in [4.78, 5) is 16.0. The van der Waals surface area contributed by atoms with Crippen molar-refractivity contribution in [2.75, 3.05) is 30.8 Å². The Morgan fingerprint density at radius 2 is 1.84 bits per heavy atom. The molecule has 0 aromatic heterocycles. The number of anilines is 2. The highest BCUT2D eigenvalue weighted by Gasteiger charge is 2.26. The first kappa shape index (κ1) is 13.7. The molecule has 1 aliphatic heterocycles. The number of carbonyl (C=O) groups is 1. The van der Waals surface area contributed by atoms with Crippen LogP contribution in [0.4, 0.5) is 11.4 Å². The number of likely N-dealkylation sites (N-methyl/N-ethyl adjacent to an activating group) is 1. The number of hydrogen-bond donors (Lipinski definition) is 2. The van der Waals surface area contributed by atoms with Crippen LogP contribution in [0.5, 0.6) is 0 Å². The number of hydrogen-bond acceptors (Lipinski definition) is 4.